The lowest BCUT2D eigenvalue weighted by Crippen LogP contribution is -2.46. The second-order valence-electron chi connectivity index (χ2n) is 10.7. The molecule has 0 bridgehead atoms. The SMILES string of the molecule is O=C(OCOc1ccc2ccc(OCCCCN3CCN(c4cccc5sccc45)CC3)cc2n1)C1CCCC1. The molecule has 0 N–H and O–H groups in total. The molecule has 2 aromatic heterocycles. The monoisotopic (exact) mass is 559 g/mol. The van der Waals surface area contributed by atoms with Gasteiger partial charge in [0.2, 0.25) is 12.7 Å². The number of hydrogen-bond donors (Lipinski definition) is 0. The summed E-state index contributed by atoms with van der Waals surface area (Å²) >= 11 is 1.82. The van der Waals surface area contributed by atoms with Crippen LogP contribution in [0.25, 0.3) is 21.0 Å². The van der Waals surface area contributed by atoms with Crippen LogP contribution in [0.1, 0.15) is 38.5 Å². The molecular formula is C32H37N3O4S. The number of carbonyl (C=O) groups is 1. The smallest absolute Gasteiger partial charge is 0.311 e. The third-order valence-electron chi connectivity index (χ3n) is 8.06. The van der Waals surface area contributed by atoms with Gasteiger partial charge in [-0.2, -0.15) is 0 Å². The zero-order chi connectivity index (χ0) is 27.1. The van der Waals surface area contributed by atoms with Crippen LogP contribution in [-0.4, -0.2) is 62.0 Å². The van der Waals surface area contributed by atoms with Gasteiger partial charge in [0.25, 0.3) is 0 Å². The summed E-state index contributed by atoms with van der Waals surface area (Å²) in [7, 11) is 0. The Hall–Kier alpha value is -3.36. The first-order valence-corrected chi connectivity index (χ1v) is 15.4. The van der Waals surface area contributed by atoms with E-state index in [-0.39, 0.29) is 18.7 Å². The number of nitrogens with zero attached hydrogens (tertiary/aromatic N) is 3. The number of ether oxygens (including phenoxy) is 3. The van der Waals surface area contributed by atoms with Gasteiger partial charge in [0.05, 0.1) is 18.0 Å². The summed E-state index contributed by atoms with van der Waals surface area (Å²) in [6.45, 7) is 6.02. The molecular weight excluding hydrogens is 522 g/mol. The number of aromatic nitrogens is 1. The van der Waals surface area contributed by atoms with Gasteiger partial charge in [-0.05, 0) is 74.0 Å². The van der Waals surface area contributed by atoms with Crippen LogP contribution in [0.2, 0.25) is 0 Å². The molecule has 1 aliphatic carbocycles. The Labute approximate surface area is 239 Å². The maximum Gasteiger partial charge on any atom is 0.311 e. The van der Waals surface area contributed by atoms with Crippen LogP contribution in [0.4, 0.5) is 5.69 Å². The minimum atomic E-state index is -0.164. The first-order chi connectivity index (χ1) is 19.7. The van der Waals surface area contributed by atoms with E-state index in [4.69, 9.17) is 14.2 Å². The largest absolute Gasteiger partial charge is 0.494 e. The van der Waals surface area contributed by atoms with Crippen molar-refractivity contribution in [3.8, 4) is 11.6 Å². The van der Waals surface area contributed by atoms with Gasteiger partial charge in [-0.15, -0.1) is 11.3 Å². The van der Waals surface area contributed by atoms with Gasteiger partial charge in [-0.25, -0.2) is 4.98 Å². The van der Waals surface area contributed by atoms with Crippen molar-refractivity contribution in [3.63, 3.8) is 0 Å². The Kier molecular flexibility index (Phi) is 8.64. The summed E-state index contributed by atoms with van der Waals surface area (Å²) in [6, 6.07) is 18.6. The molecule has 1 saturated carbocycles. The minimum absolute atomic E-state index is 0.0235. The lowest BCUT2D eigenvalue weighted by Gasteiger charge is -2.36. The molecule has 0 unspecified atom stereocenters. The first kappa shape index (κ1) is 26.8. The number of unbranched alkanes of at least 4 members (excludes halogenated alkanes) is 1. The van der Waals surface area contributed by atoms with Gasteiger partial charge >= 0.3 is 5.97 Å². The summed E-state index contributed by atoms with van der Waals surface area (Å²) in [6.07, 6.45) is 6.16. The van der Waals surface area contributed by atoms with E-state index < -0.39 is 0 Å². The number of carbonyl (C=O) groups excluding carboxylic acids is 1. The summed E-state index contributed by atoms with van der Waals surface area (Å²) in [5.74, 6) is 1.11. The number of piperazine rings is 1. The molecule has 0 radical (unpaired) electrons. The fraction of sp³-hybridized carbons (Fsp3) is 0.438. The molecule has 40 heavy (non-hydrogen) atoms. The van der Waals surface area contributed by atoms with Crippen molar-refractivity contribution in [1.29, 1.82) is 0 Å². The van der Waals surface area contributed by atoms with Crippen molar-refractivity contribution in [3.05, 3.63) is 60.0 Å². The molecule has 4 aromatic rings. The number of rotatable bonds is 11. The predicted octanol–water partition coefficient (Wildman–Crippen LogP) is 6.50. The number of esters is 1. The summed E-state index contributed by atoms with van der Waals surface area (Å²) in [4.78, 5) is 21.8. The van der Waals surface area contributed by atoms with Gasteiger partial charge < -0.3 is 19.1 Å². The first-order valence-electron chi connectivity index (χ1n) is 14.5. The van der Waals surface area contributed by atoms with E-state index in [1.807, 2.05) is 35.6 Å². The quantitative estimate of drug-likeness (QED) is 0.118. The molecule has 210 valence electrons. The second kappa shape index (κ2) is 12.9. The third-order valence-corrected chi connectivity index (χ3v) is 8.94. The van der Waals surface area contributed by atoms with Crippen LogP contribution in [0.15, 0.2) is 60.0 Å². The van der Waals surface area contributed by atoms with Crippen LogP contribution in [-0.2, 0) is 9.53 Å². The minimum Gasteiger partial charge on any atom is -0.494 e. The number of benzene rings is 2. The Morgan fingerprint density at radius 1 is 0.950 bits per heavy atom. The summed E-state index contributed by atoms with van der Waals surface area (Å²) in [5.41, 5.74) is 2.17. The molecule has 8 heteroatoms. The van der Waals surface area contributed by atoms with Crippen LogP contribution in [0, 0.1) is 5.92 Å². The number of pyridine rings is 1. The normalized spacial score (nSPS) is 16.6. The molecule has 2 aliphatic rings. The second-order valence-corrected chi connectivity index (χ2v) is 11.7. The zero-order valence-electron chi connectivity index (χ0n) is 22.9. The number of fused-ring (bicyclic) bond motifs is 2. The van der Waals surface area contributed by atoms with Crippen molar-refractivity contribution in [2.45, 2.75) is 38.5 Å². The van der Waals surface area contributed by atoms with Gasteiger partial charge in [0, 0.05) is 59.5 Å². The lowest BCUT2D eigenvalue weighted by molar-refractivity contribution is -0.155. The Bertz CT molecular complexity index is 1430. The highest BCUT2D eigenvalue weighted by Gasteiger charge is 2.24. The van der Waals surface area contributed by atoms with E-state index in [2.05, 4.69) is 44.4 Å². The van der Waals surface area contributed by atoms with E-state index in [1.54, 1.807) is 6.07 Å². The molecule has 3 heterocycles. The van der Waals surface area contributed by atoms with Crippen molar-refractivity contribution in [2.24, 2.45) is 5.92 Å². The Morgan fingerprint density at radius 2 is 1.80 bits per heavy atom. The lowest BCUT2D eigenvalue weighted by atomic mass is 10.1. The highest BCUT2D eigenvalue weighted by atomic mass is 32.1. The van der Waals surface area contributed by atoms with Crippen LogP contribution in [0.3, 0.4) is 0 Å². The average molecular weight is 560 g/mol. The highest BCUT2D eigenvalue weighted by Crippen LogP contribution is 2.31. The van der Waals surface area contributed by atoms with Crippen molar-refractivity contribution < 1.29 is 19.0 Å². The van der Waals surface area contributed by atoms with Gasteiger partial charge in [0.1, 0.15) is 5.75 Å². The fourth-order valence-electron chi connectivity index (χ4n) is 5.77. The van der Waals surface area contributed by atoms with Crippen LogP contribution in [0.5, 0.6) is 11.6 Å². The fourth-order valence-corrected chi connectivity index (χ4v) is 6.58. The molecule has 1 aliphatic heterocycles. The summed E-state index contributed by atoms with van der Waals surface area (Å²) in [5, 5.41) is 4.58. The Morgan fingerprint density at radius 3 is 2.67 bits per heavy atom. The van der Waals surface area contributed by atoms with Gasteiger partial charge in [0.15, 0.2) is 0 Å². The molecule has 0 amide bonds. The van der Waals surface area contributed by atoms with Gasteiger partial charge in [-0.1, -0.05) is 18.9 Å². The third kappa shape index (κ3) is 6.50. The van der Waals surface area contributed by atoms with Crippen molar-refractivity contribution in [2.75, 3.05) is 51.0 Å². The van der Waals surface area contributed by atoms with E-state index in [0.29, 0.717) is 12.5 Å². The summed E-state index contributed by atoms with van der Waals surface area (Å²) < 4.78 is 18.3. The molecule has 7 nitrogen and oxygen atoms in total. The molecule has 0 atom stereocenters. The average Bonchev–Trinajstić information content (AvgIpc) is 3.70. The Balaban J connectivity index is 0.910. The number of anilines is 1. The topological polar surface area (TPSA) is 64.1 Å². The van der Waals surface area contributed by atoms with E-state index in [9.17, 15) is 4.79 Å². The van der Waals surface area contributed by atoms with E-state index >= 15 is 0 Å². The maximum absolute atomic E-state index is 12.1. The van der Waals surface area contributed by atoms with Crippen molar-refractivity contribution >= 4 is 44.0 Å². The van der Waals surface area contributed by atoms with E-state index in [1.165, 1.54) is 15.8 Å². The zero-order valence-corrected chi connectivity index (χ0v) is 23.7. The predicted molar refractivity (Wildman–Crippen MR) is 160 cm³/mol. The standard InChI is InChI=1S/C32H37N3O4S/c36-32(25-6-1-2-7-25)39-23-38-31-13-11-24-10-12-26(22-28(24)33-31)37-20-4-3-15-34-16-18-35(19-17-34)29-8-5-9-30-27(29)14-21-40-30/h5,8-14,21-22,25H,1-4,6-7,15-20,23H2. The molecule has 0 spiro atoms. The van der Waals surface area contributed by atoms with E-state index in [0.717, 1.165) is 87.9 Å². The van der Waals surface area contributed by atoms with Crippen LogP contribution < -0.4 is 14.4 Å². The van der Waals surface area contributed by atoms with Crippen molar-refractivity contribution in [1.82, 2.24) is 9.88 Å². The number of hydrogen-bond acceptors (Lipinski definition) is 8. The molecule has 6 rings (SSSR count). The number of thiophene rings is 1. The maximum atomic E-state index is 12.1. The highest BCUT2D eigenvalue weighted by molar-refractivity contribution is 7.17. The molecule has 1 saturated heterocycles. The molecule has 2 aromatic carbocycles. The van der Waals surface area contributed by atoms with Crippen LogP contribution >= 0.6 is 11.3 Å². The van der Waals surface area contributed by atoms with Gasteiger partial charge in [-0.3, -0.25) is 9.69 Å². The molecule has 2 fully saturated rings.